The van der Waals surface area contributed by atoms with Gasteiger partial charge in [-0.25, -0.2) is 0 Å². The first-order valence-corrected chi connectivity index (χ1v) is 4.28. The van der Waals surface area contributed by atoms with Crippen molar-refractivity contribution in [3.05, 3.63) is 0 Å². The summed E-state index contributed by atoms with van der Waals surface area (Å²) < 4.78 is 5.42. The zero-order chi connectivity index (χ0) is 7.56. The summed E-state index contributed by atoms with van der Waals surface area (Å²) in [5.41, 5.74) is 0. The van der Waals surface area contributed by atoms with Gasteiger partial charge in [0.25, 0.3) is 0 Å². The molecule has 60 valence electrons. The third kappa shape index (κ3) is 1.51. The molecule has 0 spiro atoms. The van der Waals surface area contributed by atoms with Crippen LogP contribution >= 0.6 is 0 Å². The molecule has 1 saturated carbocycles. The van der Waals surface area contributed by atoms with Gasteiger partial charge in [0.05, 0.1) is 6.10 Å². The molecular formula is C9H18O. The summed E-state index contributed by atoms with van der Waals surface area (Å²) in [5.74, 6) is 1.56. The van der Waals surface area contributed by atoms with Gasteiger partial charge in [-0.2, -0.15) is 0 Å². The van der Waals surface area contributed by atoms with Crippen molar-refractivity contribution in [2.45, 2.75) is 39.2 Å². The van der Waals surface area contributed by atoms with E-state index in [0.29, 0.717) is 12.0 Å². The van der Waals surface area contributed by atoms with Crippen LogP contribution in [-0.4, -0.2) is 13.2 Å². The molecular weight excluding hydrogens is 124 g/mol. The Kier molecular flexibility index (Phi) is 2.72. The molecule has 0 amide bonds. The molecule has 0 aromatic rings. The first-order valence-electron chi connectivity index (χ1n) is 4.28. The molecule has 1 heteroatoms. The number of hydrogen-bond acceptors (Lipinski definition) is 1. The van der Waals surface area contributed by atoms with Gasteiger partial charge >= 0.3 is 0 Å². The molecule has 0 aromatic heterocycles. The molecule has 1 fully saturated rings. The molecule has 10 heavy (non-hydrogen) atoms. The lowest BCUT2D eigenvalue weighted by Crippen LogP contribution is -2.32. The average Bonchev–Trinajstić information content (AvgIpc) is 1.76. The van der Waals surface area contributed by atoms with Gasteiger partial charge in [0, 0.05) is 7.11 Å². The lowest BCUT2D eigenvalue weighted by atomic mass is 9.77. The number of ether oxygens (including phenoxy) is 1. The molecule has 1 atom stereocenters. The Bertz CT molecular complexity index is 94.9. The van der Waals surface area contributed by atoms with Crippen molar-refractivity contribution in [3.8, 4) is 0 Å². The van der Waals surface area contributed by atoms with Crippen molar-refractivity contribution >= 4 is 0 Å². The second-order valence-corrected chi connectivity index (χ2v) is 3.64. The average molecular weight is 142 g/mol. The Labute approximate surface area is 63.8 Å². The van der Waals surface area contributed by atoms with Crippen LogP contribution in [0.1, 0.15) is 33.1 Å². The van der Waals surface area contributed by atoms with E-state index in [-0.39, 0.29) is 0 Å². The van der Waals surface area contributed by atoms with Crippen LogP contribution in [0.2, 0.25) is 0 Å². The molecule has 1 aliphatic carbocycles. The monoisotopic (exact) mass is 142 g/mol. The van der Waals surface area contributed by atoms with E-state index in [1.807, 2.05) is 7.11 Å². The van der Waals surface area contributed by atoms with Crippen LogP contribution < -0.4 is 0 Å². The highest BCUT2D eigenvalue weighted by molar-refractivity contribution is 4.79. The van der Waals surface area contributed by atoms with Gasteiger partial charge < -0.3 is 4.74 Å². The van der Waals surface area contributed by atoms with E-state index in [1.54, 1.807) is 0 Å². The maximum Gasteiger partial charge on any atom is 0.0622 e. The maximum absolute atomic E-state index is 5.42. The minimum Gasteiger partial charge on any atom is -0.381 e. The number of methoxy groups -OCH3 is 1. The normalized spacial score (nSPS) is 22.8. The third-order valence-corrected chi connectivity index (χ3v) is 2.54. The molecule has 1 nitrogen and oxygen atoms in total. The van der Waals surface area contributed by atoms with Crippen LogP contribution in [0, 0.1) is 11.8 Å². The second-order valence-electron chi connectivity index (χ2n) is 3.64. The van der Waals surface area contributed by atoms with Crippen molar-refractivity contribution < 1.29 is 4.74 Å². The zero-order valence-electron chi connectivity index (χ0n) is 7.26. The highest BCUT2D eigenvalue weighted by atomic mass is 16.5. The summed E-state index contributed by atoms with van der Waals surface area (Å²) >= 11 is 0. The summed E-state index contributed by atoms with van der Waals surface area (Å²) in [7, 11) is 1.84. The Morgan fingerprint density at radius 1 is 1.30 bits per heavy atom. The molecule has 0 saturated heterocycles. The second kappa shape index (κ2) is 3.38. The van der Waals surface area contributed by atoms with E-state index in [1.165, 1.54) is 19.3 Å². The van der Waals surface area contributed by atoms with Gasteiger partial charge in [0.15, 0.2) is 0 Å². The summed E-state index contributed by atoms with van der Waals surface area (Å²) in [6.07, 6.45) is 4.71. The smallest absolute Gasteiger partial charge is 0.0622 e. The van der Waals surface area contributed by atoms with Crippen LogP contribution in [-0.2, 0) is 4.74 Å². The van der Waals surface area contributed by atoms with Crippen LogP contribution in [0.4, 0.5) is 0 Å². The molecule has 0 aliphatic heterocycles. The van der Waals surface area contributed by atoms with E-state index >= 15 is 0 Å². The summed E-state index contributed by atoms with van der Waals surface area (Å²) in [6, 6.07) is 0. The fourth-order valence-electron chi connectivity index (χ4n) is 1.78. The van der Waals surface area contributed by atoms with Crippen molar-refractivity contribution in [2.75, 3.05) is 7.11 Å². The maximum atomic E-state index is 5.42. The summed E-state index contributed by atoms with van der Waals surface area (Å²) in [6.45, 7) is 4.49. The lowest BCUT2D eigenvalue weighted by molar-refractivity contribution is -0.0116. The predicted molar refractivity (Wildman–Crippen MR) is 43.0 cm³/mol. The Morgan fingerprint density at radius 2 is 1.90 bits per heavy atom. The van der Waals surface area contributed by atoms with Crippen LogP contribution in [0.5, 0.6) is 0 Å². The molecule has 0 heterocycles. The fraction of sp³-hybridized carbons (Fsp3) is 1.00. The SMILES string of the molecule is COC(C(C)C)C1CCC1. The quantitative estimate of drug-likeness (QED) is 0.588. The first kappa shape index (κ1) is 8.06. The van der Waals surface area contributed by atoms with Crippen molar-refractivity contribution in [2.24, 2.45) is 11.8 Å². The van der Waals surface area contributed by atoms with Crippen molar-refractivity contribution in [1.82, 2.24) is 0 Å². The minimum absolute atomic E-state index is 0.522. The molecule has 0 aromatic carbocycles. The van der Waals surface area contributed by atoms with Gasteiger partial charge in [-0.3, -0.25) is 0 Å². The Morgan fingerprint density at radius 3 is 2.00 bits per heavy atom. The zero-order valence-corrected chi connectivity index (χ0v) is 7.26. The van der Waals surface area contributed by atoms with Crippen LogP contribution in [0.25, 0.3) is 0 Å². The summed E-state index contributed by atoms with van der Waals surface area (Å²) in [5, 5.41) is 0. The van der Waals surface area contributed by atoms with Gasteiger partial charge in [-0.15, -0.1) is 0 Å². The highest BCUT2D eigenvalue weighted by Crippen LogP contribution is 2.33. The third-order valence-electron chi connectivity index (χ3n) is 2.54. The van der Waals surface area contributed by atoms with Crippen LogP contribution in [0.15, 0.2) is 0 Å². The van der Waals surface area contributed by atoms with Gasteiger partial charge in [-0.05, 0) is 24.7 Å². The largest absolute Gasteiger partial charge is 0.381 e. The van der Waals surface area contributed by atoms with E-state index in [9.17, 15) is 0 Å². The molecule has 0 N–H and O–H groups in total. The predicted octanol–water partition coefficient (Wildman–Crippen LogP) is 2.46. The van der Waals surface area contributed by atoms with Crippen molar-refractivity contribution in [3.63, 3.8) is 0 Å². The van der Waals surface area contributed by atoms with Gasteiger partial charge in [0.1, 0.15) is 0 Å². The summed E-state index contributed by atoms with van der Waals surface area (Å²) in [4.78, 5) is 0. The van der Waals surface area contributed by atoms with E-state index in [0.717, 1.165) is 5.92 Å². The fourth-order valence-corrected chi connectivity index (χ4v) is 1.78. The molecule has 1 aliphatic rings. The highest BCUT2D eigenvalue weighted by Gasteiger charge is 2.28. The van der Waals surface area contributed by atoms with E-state index < -0.39 is 0 Å². The van der Waals surface area contributed by atoms with E-state index in [4.69, 9.17) is 4.74 Å². The van der Waals surface area contributed by atoms with E-state index in [2.05, 4.69) is 13.8 Å². The topological polar surface area (TPSA) is 9.23 Å². The standard InChI is InChI=1S/C9H18O/c1-7(2)9(10-3)8-5-4-6-8/h7-9H,4-6H2,1-3H3. The lowest BCUT2D eigenvalue weighted by Gasteiger charge is -2.35. The number of rotatable bonds is 3. The number of hydrogen-bond donors (Lipinski definition) is 0. The molecule has 1 unspecified atom stereocenters. The van der Waals surface area contributed by atoms with Crippen LogP contribution in [0.3, 0.4) is 0 Å². The van der Waals surface area contributed by atoms with Gasteiger partial charge in [-0.1, -0.05) is 20.3 Å². The Balaban J connectivity index is 2.31. The molecule has 1 rings (SSSR count). The molecule has 0 bridgehead atoms. The minimum atomic E-state index is 0.522. The first-order chi connectivity index (χ1) is 4.75. The Hall–Kier alpha value is -0.0400. The molecule has 0 radical (unpaired) electrons. The van der Waals surface area contributed by atoms with Crippen molar-refractivity contribution in [1.29, 1.82) is 0 Å². The van der Waals surface area contributed by atoms with Gasteiger partial charge in [0.2, 0.25) is 0 Å².